The second-order valence-corrected chi connectivity index (χ2v) is 7.91. The van der Waals surface area contributed by atoms with Crippen LogP contribution in [0.4, 0.5) is 0 Å². The lowest BCUT2D eigenvalue weighted by Crippen LogP contribution is -2.31. The Morgan fingerprint density at radius 2 is 2.04 bits per heavy atom. The predicted octanol–water partition coefficient (Wildman–Crippen LogP) is 3.94. The molecule has 1 aliphatic carbocycles. The zero-order valence-corrected chi connectivity index (χ0v) is 16.8. The molecule has 2 heterocycles. The highest BCUT2D eigenvalue weighted by molar-refractivity contribution is 7.99. The molecule has 0 spiro atoms. The van der Waals surface area contributed by atoms with E-state index in [9.17, 15) is 4.79 Å². The maximum absolute atomic E-state index is 12.8. The minimum Gasteiger partial charge on any atom is -0.467 e. The molecule has 0 aliphatic heterocycles. The third kappa shape index (κ3) is 4.47. The Hall–Kier alpha value is -2.54. The topological polar surface area (TPSA) is 64.2 Å². The number of carbonyl (C=O) groups is 1. The van der Waals surface area contributed by atoms with E-state index in [4.69, 9.17) is 4.42 Å². The van der Waals surface area contributed by atoms with Gasteiger partial charge in [0.1, 0.15) is 11.6 Å². The molecule has 0 atom stereocenters. The summed E-state index contributed by atoms with van der Waals surface area (Å²) < 4.78 is 7.60. The number of nitrogens with zero attached hydrogens (tertiary/aromatic N) is 4. The molecule has 1 aromatic carbocycles. The Balaban J connectivity index is 1.43. The van der Waals surface area contributed by atoms with Gasteiger partial charge in [-0.3, -0.25) is 9.36 Å². The Labute approximate surface area is 168 Å². The molecule has 1 fully saturated rings. The summed E-state index contributed by atoms with van der Waals surface area (Å²) >= 11 is 1.45. The fraction of sp³-hybridized carbons (Fsp3) is 0.381. The van der Waals surface area contributed by atoms with Crippen LogP contribution in [0.25, 0.3) is 0 Å². The normalized spacial score (nSPS) is 13.6. The molecule has 0 N–H and O–H groups in total. The number of rotatable bonds is 9. The maximum atomic E-state index is 12.8. The maximum Gasteiger partial charge on any atom is 0.233 e. The molecule has 28 heavy (non-hydrogen) atoms. The fourth-order valence-corrected chi connectivity index (χ4v) is 4.00. The summed E-state index contributed by atoms with van der Waals surface area (Å²) in [6.45, 7) is 3.92. The average molecular weight is 397 g/mol. The van der Waals surface area contributed by atoms with Gasteiger partial charge in [0, 0.05) is 19.0 Å². The minimum absolute atomic E-state index is 0.108. The first kappa shape index (κ1) is 18.8. The SMILES string of the molecule is CCN(Cc1ccccc1)C(=O)CSc1nnc(C2CC2)n1Cc1ccco1. The lowest BCUT2D eigenvalue weighted by atomic mass is 10.2. The quantitative estimate of drug-likeness (QED) is 0.513. The van der Waals surface area contributed by atoms with E-state index in [2.05, 4.69) is 14.8 Å². The summed E-state index contributed by atoms with van der Waals surface area (Å²) in [6, 6.07) is 13.9. The van der Waals surface area contributed by atoms with Gasteiger partial charge in [0.15, 0.2) is 5.16 Å². The van der Waals surface area contributed by atoms with Crippen molar-refractivity contribution in [3.63, 3.8) is 0 Å². The van der Waals surface area contributed by atoms with Crippen molar-refractivity contribution < 1.29 is 9.21 Å². The van der Waals surface area contributed by atoms with Gasteiger partial charge in [-0.05, 0) is 37.5 Å². The van der Waals surface area contributed by atoms with Crippen LogP contribution in [-0.2, 0) is 17.9 Å². The first-order valence-corrected chi connectivity index (χ1v) is 10.6. The first-order chi connectivity index (χ1) is 13.7. The van der Waals surface area contributed by atoms with Crippen LogP contribution in [0.2, 0.25) is 0 Å². The Morgan fingerprint density at radius 3 is 2.71 bits per heavy atom. The summed E-state index contributed by atoms with van der Waals surface area (Å²) in [4.78, 5) is 14.6. The standard InChI is InChI=1S/C21H24N4O2S/c1-2-24(13-16-7-4-3-5-8-16)19(26)15-28-21-23-22-20(17-10-11-17)25(21)14-18-9-6-12-27-18/h3-9,12,17H,2,10-11,13-15H2,1H3. The molecule has 0 bridgehead atoms. The molecule has 0 unspecified atom stereocenters. The summed E-state index contributed by atoms with van der Waals surface area (Å²) in [5, 5.41) is 9.54. The van der Waals surface area contributed by atoms with E-state index in [1.165, 1.54) is 11.8 Å². The minimum atomic E-state index is 0.108. The number of aromatic nitrogens is 3. The van der Waals surface area contributed by atoms with E-state index >= 15 is 0 Å². The molecule has 1 saturated carbocycles. The molecule has 0 saturated heterocycles. The summed E-state index contributed by atoms with van der Waals surface area (Å²) in [5.74, 6) is 2.81. The lowest BCUT2D eigenvalue weighted by Gasteiger charge is -2.20. The van der Waals surface area contributed by atoms with Crippen molar-refractivity contribution in [2.24, 2.45) is 0 Å². The van der Waals surface area contributed by atoms with E-state index in [1.54, 1.807) is 6.26 Å². The summed E-state index contributed by atoms with van der Waals surface area (Å²) in [7, 11) is 0. The van der Waals surface area contributed by atoms with E-state index < -0.39 is 0 Å². The molecule has 4 rings (SSSR count). The van der Waals surface area contributed by atoms with Gasteiger partial charge in [-0.15, -0.1) is 10.2 Å². The monoisotopic (exact) mass is 396 g/mol. The largest absolute Gasteiger partial charge is 0.467 e. The number of hydrogen-bond donors (Lipinski definition) is 0. The Morgan fingerprint density at radius 1 is 1.21 bits per heavy atom. The van der Waals surface area contributed by atoms with Crippen LogP contribution in [0.3, 0.4) is 0 Å². The third-order valence-corrected chi connectivity index (χ3v) is 5.81. The second-order valence-electron chi connectivity index (χ2n) is 6.96. The summed E-state index contributed by atoms with van der Waals surface area (Å²) in [5.41, 5.74) is 1.14. The lowest BCUT2D eigenvalue weighted by molar-refractivity contribution is -0.128. The smallest absolute Gasteiger partial charge is 0.233 e. The first-order valence-electron chi connectivity index (χ1n) is 9.64. The molecular weight excluding hydrogens is 372 g/mol. The van der Waals surface area contributed by atoms with Crippen LogP contribution < -0.4 is 0 Å². The van der Waals surface area contributed by atoms with Crippen LogP contribution >= 0.6 is 11.8 Å². The third-order valence-electron chi connectivity index (χ3n) is 4.86. The number of hydrogen-bond acceptors (Lipinski definition) is 5. The van der Waals surface area contributed by atoms with Gasteiger partial charge in [-0.25, -0.2) is 0 Å². The highest BCUT2D eigenvalue weighted by atomic mass is 32.2. The highest BCUT2D eigenvalue weighted by Crippen LogP contribution is 2.40. The van der Waals surface area contributed by atoms with E-state index in [-0.39, 0.29) is 5.91 Å². The summed E-state index contributed by atoms with van der Waals surface area (Å²) in [6.07, 6.45) is 3.98. The van der Waals surface area contributed by atoms with Gasteiger partial charge in [0.25, 0.3) is 0 Å². The van der Waals surface area contributed by atoms with Crippen LogP contribution in [0.5, 0.6) is 0 Å². The van der Waals surface area contributed by atoms with Crippen molar-refractivity contribution in [3.05, 3.63) is 65.9 Å². The number of carbonyl (C=O) groups excluding carboxylic acids is 1. The molecule has 0 radical (unpaired) electrons. The molecule has 7 heteroatoms. The molecule has 1 amide bonds. The van der Waals surface area contributed by atoms with Crippen molar-refractivity contribution in [2.75, 3.05) is 12.3 Å². The van der Waals surface area contributed by atoms with Gasteiger partial charge in [0.2, 0.25) is 5.91 Å². The molecule has 1 aliphatic rings. The van der Waals surface area contributed by atoms with Crippen molar-refractivity contribution in [1.82, 2.24) is 19.7 Å². The molecule has 146 valence electrons. The van der Waals surface area contributed by atoms with Crippen molar-refractivity contribution >= 4 is 17.7 Å². The van der Waals surface area contributed by atoms with Crippen LogP contribution in [0.15, 0.2) is 58.3 Å². The van der Waals surface area contributed by atoms with Gasteiger partial charge in [-0.1, -0.05) is 42.1 Å². The number of benzene rings is 1. The van der Waals surface area contributed by atoms with Crippen LogP contribution in [0, 0.1) is 0 Å². The van der Waals surface area contributed by atoms with Gasteiger partial charge in [-0.2, -0.15) is 0 Å². The van der Waals surface area contributed by atoms with E-state index in [1.807, 2.05) is 54.3 Å². The Bertz CT molecular complexity index is 904. The zero-order chi connectivity index (χ0) is 19.3. The van der Waals surface area contributed by atoms with E-state index in [0.717, 1.165) is 35.1 Å². The fourth-order valence-electron chi connectivity index (χ4n) is 3.16. The molecular formula is C21H24N4O2S. The predicted molar refractivity (Wildman–Crippen MR) is 108 cm³/mol. The average Bonchev–Trinajstić information content (AvgIpc) is 3.29. The molecule has 3 aromatic rings. The number of amides is 1. The zero-order valence-electron chi connectivity index (χ0n) is 16.0. The van der Waals surface area contributed by atoms with Crippen LogP contribution in [0.1, 0.15) is 42.8 Å². The van der Waals surface area contributed by atoms with Crippen molar-refractivity contribution in [1.29, 1.82) is 0 Å². The molecule has 2 aromatic heterocycles. The second kappa shape index (κ2) is 8.65. The number of thioether (sulfide) groups is 1. The Kier molecular flexibility index (Phi) is 5.81. The highest BCUT2D eigenvalue weighted by Gasteiger charge is 2.31. The van der Waals surface area contributed by atoms with E-state index in [0.29, 0.717) is 31.3 Å². The molecule has 6 nitrogen and oxygen atoms in total. The van der Waals surface area contributed by atoms with Gasteiger partial charge < -0.3 is 9.32 Å². The van der Waals surface area contributed by atoms with Gasteiger partial charge >= 0.3 is 0 Å². The van der Waals surface area contributed by atoms with Crippen molar-refractivity contribution in [2.45, 2.75) is 43.9 Å². The van der Waals surface area contributed by atoms with Gasteiger partial charge in [0.05, 0.1) is 18.6 Å². The number of furan rings is 1. The van der Waals surface area contributed by atoms with Crippen LogP contribution in [-0.4, -0.2) is 37.9 Å². The van der Waals surface area contributed by atoms with Crippen molar-refractivity contribution in [3.8, 4) is 0 Å².